The van der Waals surface area contributed by atoms with Gasteiger partial charge in [-0.15, -0.1) is 0 Å². The molecule has 2 saturated carbocycles. The lowest BCUT2D eigenvalue weighted by atomic mass is 9.87. The molecule has 5 aliphatic rings. The van der Waals surface area contributed by atoms with Gasteiger partial charge in [-0.25, -0.2) is 18.0 Å². The number of hydrogen-bond acceptors (Lipinski definition) is 9. The number of alkyl carbamates (subject to hydrolysis) is 1. The summed E-state index contributed by atoms with van der Waals surface area (Å²) in [6.07, 6.45) is 3.05. The Bertz CT molecular complexity index is 1630. The molecule has 14 nitrogen and oxygen atoms in total. The molecule has 3 heterocycles. The summed E-state index contributed by atoms with van der Waals surface area (Å²) in [5.74, 6) is -2.34. The van der Waals surface area contributed by atoms with Crippen molar-refractivity contribution in [2.75, 3.05) is 19.7 Å². The van der Waals surface area contributed by atoms with Crippen LogP contribution in [0, 0.1) is 11.3 Å². The van der Waals surface area contributed by atoms with Crippen molar-refractivity contribution in [2.24, 2.45) is 11.3 Å². The van der Waals surface area contributed by atoms with Crippen molar-refractivity contribution in [3.8, 4) is 0 Å². The van der Waals surface area contributed by atoms with Crippen LogP contribution in [-0.2, 0) is 53.4 Å². The van der Waals surface area contributed by atoms with Crippen molar-refractivity contribution in [3.05, 3.63) is 34.9 Å². The van der Waals surface area contributed by atoms with Crippen molar-refractivity contribution in [1.82, 2.24) is 25.2 Å². The molecule has 1 aromatic rings. The van der Waals surface area contributed by atoms with Gasteiger partial charge in [0.25, 0.3) is 5.91 Å². The molecule has 0 aromatic heterocycles. The number of fused-ring (bicyclic) bond motifs is 3. The van der Waals surface area contributed by atoms with E-state index in [1.807, 2.05) is 32.9 Å². The summed E-state index contributed by atoms with van der Waals surface area (Å²) in [5.41, 5.74) is 1.62. The van der Waals surface area contributed by atoms with Gasteiger partial charge >= 0.3 is 12.2 Å². The van der Waals surface area contributed by atoms with Gasteiger partial charge in [-0.1, -0.05) is 51.8 Å². The molecule has 1 saturated heterocycles. The summed E-state index contributed by atoms with van der Waals surface area (Å²) in [4.78, 5) is 69.6. The largest absolute Gasteiger partial charge is 0.449 e. The highest BCUT2D eigenvalue weighted by atomic mass is 32.2. The molecule has 268 valence electrons. The molecular formula is C34H47N5O9S. The minimum atomic E-state index is -3.85. The average Bonchev–Trinajstić information content (AvgIpc) is 3.94. The summed E-state index contributed by atoms with van der Waals surface area (Å²) >= 11 is 0. The van der Waals surface area contributed by atoms with Gasteiger partial charge in [0, 0.05) is 19.5 Å². The molecule has 49 heavy (non-hydrogen) atoms. The molecule has 2 unspecified atom stereocenters. The second-order valence-electron chi connectivity index (χ2n) is 15.0. The smallest absolute Gasteiger partial charge is 0.410 e. The number of cyclic esters (lactones) is 1. The van der Waals surface area contributed by atoms with Crippen LogP contribution in [0.2, 0.25) is 0 Å². The number of benzene rings is 1. The summed E-state index contributed by atoms with van der Waals surface area (Å²) in [6.45, 7) is 6.26. The molecule has 3 N–H and O–H groups in total. The zero-order valence-corrected chi connectivity index (χ0v) is 29.2. The van der Waals surface area contributed by atoms with Crippen LogP contribution in [0.5, 0.6) is 0 Å². The molecule has 4 atom stereocenters. The van der Waals surface area contributed by atoms with Crippen LogP contribution in [0.15, 0.2) is 18.2 Å². The van der Waals surface area contributed by atoms with E-state index in [0.717, 1.165) is 36.8 Å². The van der Waals surface area contributed by atoms with E-state index in [9.17, 15) is 32.4 Å². The number of nitrogens with zero attached hydrogens (tertiary/aromatic N) is 2. The SMILES string of the molecule is CC[C@@H]1C[C@]1(NC(=O)C1CC2CN1C(=O)CNC(=O)OCC(C)(C)CCCCc1cccc3c1CN(C3)C(=O)O2)C(=O)NS(=O)(=O)C1CC1. The quantitative estimate of drug-likeness (QED) is 0.402. The van der Waals surface area contributed by atoms with E-state index in [1.165, 1.54) is 10.5 Å². The third-order valence-corrected chi connectivity index (χ3v) is 12.4. The molecule has 3 aliphatic heterocycles. The first-order valence-corrected chi connectivity index (χ1v) is 18.9. The lowest BCUT2D eigenvalue weighted by Gasteiger charge is -2.27. The first-order chi connectivity index (χ1) is 23.2. The van der Waals surface area contributed by atoms with Crippen LogP contribution in [0.1, 0.15) is 88.8 Å². The molecule has 4 bridgehead atoms. The second-order valence-corrected chi connectivity index (χ2v) is 16.9. The Labute approximate surface area is 287 Å². The highest BCUT2D eigenvalue weighted by Gasteiger charge is 2.62. The number of aryl methyl sites for hydroxylation is 1. The fourth-order valence-corrected chi connectivity index (χ4v) is 8.69. The third kappa shape index (κ3) is 7.65. The number of amides is 5. The van der Waals surface area contributed by atoms with Crippen LogP contribution in [0.25, 0.3) is 0 Å². The van der Waals surface area contributed by atoms with Gasteiger partial charge in [0.1, 0.15) is 24.2 Å². The zero-order valence-electron chi connectivity index (χ0n) is 28.4. The number of sulfonamides is 1. The molecular weight excluding hydrogens is 654 g/mol. The molecule has 2 aliphatic carbocycles. The third-order valence-electron chi connectivity index (χ3n) is 10.6. The summed E-state index contributed by atoms with van der Waals surface area (Å²) < 4.78 is 38.6. The highest BCUT2D eigenvalue weighted by Crippen LogP contribution is 2.47. The summed E-state index contributed by atoms with van der Waals surface area (Å²) in [6, 6.07) is 4.95. The predicted octanol–water partition coefficient (Wildman–Crippen LogP) is 2.48. The lowest BCUT2D eigenvalue weighted by molar-refractivity contribution is -0.139. The van der Waals surface area contributed by atoms with E-state index < -0.39 is 69.4 Å². The Hall–Kier alpha value is -3.88. The Morgan fingerprint density at radius 3 is 2.55 bits per heavy atom. The van der Waals surface area contributed by atoms with Gasteiger partial charge in [0.05, 0.1) is 18.4 Å². The molecule has 0 spiro atoms. The fraction of sp³-hybridized carbons (Fsp3) is 0.676. The lowest BCUT2D eigenvalue weighted by Crippen LogP contribution is -2.57. The van der Waals surface area contributed by atoms with Crippen molar-refractivity contribution in [1.29, 1.82) is 0 Å². The van der Waals surface area contributed by atoms with Crippen molar-refractivity contribution in [3.63, 3.8) is 0 Å². The van der Waals surface area contributed by atoms with Gasteiger partial charge in [-0.3, -0.25) is 24.0 Å². The first kappa shape index (κ1) is 35.0. The summed E-state index contributed by atoms with van der Waals surface area (Å²) in [5, 5.41) is 4.63. The Kier molecular flexibility index (Phi) is 9.59. The Balaban J connectivity index is 1.20. The van der Waals surface area contributed by atoms with Crippen molar-refractivity contribution < 1.29 is 41.9 Å². The molecule has 1 aromatic carbocycles. The van der Waals surface area contributed by atoms with Crippen LogP contribution >= 0.6 is 0 Å². The number of nitrogens with one attached hydrogen (secondary N) is 3. The van der Waals surface area contributed by atoms with Crippen molar-refractivity contribution >= 4 is 39.9 Å². The average molecular weight is 702 g/mol. The standard InChI is InChI=1S/C34H47N5O9S/c1-4-23-15-34(23,30(42)37-49(45,46)25-11-12-25)36-29(41)27-14-24-18-39(27)28(40)16-35-31(43)47-20-33(2,3)13-6-5-8-21-9-7-10-22-17-38(19-26(21)22)32(44)48-24/h7,9-10,23-25,27H,4-6,8,11-20H2,1-3H3,(H,35,43)(H,36,41)(H,37,42)/t23-,24?,27?,34-/m1/s1. The Morgan fingerprint density at radius 1 is 1.08 bits per heavy atom. The molecule has 0 radical (unpaired) electrons. The normalized spacial score (nSPS) is 29.0. The topological polar surface area (TPSA) is 181 Å². The Morgan fingerprint density at radius 2 is 1.84 bits per heavy atom. The van der Waals surface area contributed by atoms with Gasteiger partial charge in [-0.2, -0.15) is 0 Å². The minimum absolute atomic E-state index is 0.0388. The van der Waals surface area contributed by atoms with Crippen LogP contribution in [0.4, 0.5) is 9.59 Å². The number of carbonyl (C=O) groups is 5. The maximum absolute atomic E-state index is 13.9. The molecule has 5 amide bonds. The molecule has 6 rings (SSSR count). The zero-order chi connectivity index (χ0) is 35.1. The number of rotatable bonds is 6. The maximum Gasteiger partial charge on any atom is 0.410 e. The van der Waals surface area contributed by atoms with Gasteiger partial charge in [0.15, 0.2) is 0 Å². The van der Waals surface area contributed by atoms with E-state index in [2.05, 4.69) is 21.4 Å². The molecule has 15 heteroatoms. The van der Waals surface area contributed by atoms with Gasteiger partial charge in [-0.05, 0) is 66.5 Å². The monoisotopic (exact) mass is 701 g/mol. The minimum Gasteiger partial charge on any atom is -0.449 e. The number of ether oxygens (including phenoxy) is 2. The van der Waals surface area contributed by atoms with E-state index in [4.69, 9.17) is 9.47 Å². The van der Waals surface area contributed by atoms with Gasteiger partial charge in [0.2, 0.25) is 21.8 Å². The summed E-state index contributed by atoms with van der Waals surface area (Å²) in [7, 11) is -3.85. The molecule has 3 fully saturated rings. The predicted molar refractivity (Wildman–Crippen MR) is 176 cm³/mol. The van der Waals surface area contributed by atoms with Crippen LogP contribution < -0.4 is 15.4 Å². The van der Waals surface area contributed by atoms with E-state index in [-0.39, 0.29) is 37.3 Å². The second kappa shape index (κ2) is 13.4. The van der Waals surface area contributed by atoms with Crippen molar-refractivity contribution in [2.45, 2.75) is 115 Å². The number of hydrogen-bond donors (Lipinski definition) is 3. The highest BCUT2D eigenvalue weighted by molar-refractivity contribution is 7.91. The van der Waals surface area contributed by atoms with E-state index in [1.54, 1.807) is 4.90 Å². The van der Waals surface area contributed by atoms with Gasteiger partial charge < -0.3 is 25.0 Å². The van der Waals surface area contributed by atoms with Crippen LogP contribution in [0.3, 0.4) is 0 Å². The van der Waals surface area contributed by atoms with E-state index in [0.29, 0.717) is 32.4 Å². The van der Waals surface area contributed by atoms with E-state index >= 15 is 0 Å². The fourth-order valence-electron chi connectivity index (χ4n) is 7.33. The maximum atomic E-state index is 13.9. The van der Waals surface area contributed by atoms with Crippen LogP contribution in [-0.4, -0.2) is 90.8 Å². The number of carbonyl (C=O) groups excluding carboxylic acids is 5. The first-order valence-electron chi connectivity index (χ1n) is 17.3.